The lowest BCUT2D eigenvalue weighted by Crippen LogP contribution is -1.98. The van der Waals surface area contributed by atoms with E-state index >= 15 is 0 Å². The van der Waals surface area contributed by atoms with Gasteiger partial charge in [-0.1, -0.05) is 11.6 Å². The fourth-order valence-corrected chi connectivity index (χ4v) is 1.53. The maximum absolute atomic E-state index is 13.0. The zero-order valence-electron chi connectivity index (χ0n) is 9.16. The molecule has 0 bridgehead atoms. The van der Waals surface area contributed by atoms with Gasteiger partial charge >= 0.3 is 0 Å². The third kappa shape index (κ3) is 2.75. The van der Waals surface area contributed by atoms with Crippen LogP contribution < -0.4 is 10.5 Å². The SMILES string of the molecule is NCc1cnc(Oc2ccc(F)c(F)c2)c(Cl)c1. The fourth-order valence-electron chi connectivity index (χ4n) is 1.30. The summed E-state index contributed by atoms with van der Waals surface area (Å²) in [6.07, 6.45) is 1.50. The lowest BCUT2D eigenvalue weighted by molar-refractivity contribution is 0.447. The molecule has 94 valence electrons. The zero-order chi connectivity index (χ0) is 13.1. The minimum absolute atomic E-state index is 0.111. The minimum Gasteiger partial charge on any atom is -0.437 e. The average molecular weight is 271 g/mol. The van der Waals surface area contributed by atoms with Crippen molar-refractivity contribution in [1.82, 2.24) is 4.98 Å². The summed E-state index contributed by atoms with van der Waals surface area (Å²) in [6, 6.07) is 4.77. The number of nitrogens with two attached hydrogens (primary N) is 1. The molecule has 2 N–H and O–H groups in total. The van der Waals surface area contributed by atoms with Crippen molar-refractivity contribution in [3.05, 3.63) is 52.7 Å². The van der Waals surface area contributed by atoms with Gasteiger partial charge in [0.05, 0.1) is 0 Å². The summed E-state index contributed by atoms with van der Waals surface area (Å²) in [5.41, 5.74) is 6.17. The standard InChI is InChI=1S/C12H9ClF2N2O/c13-9-3-7(5-16)6-17-12(9)18-8-1-2-10(14)11(15)4-8/h1-4,6H,5,16H2. The Morgan fingerprint density at radius 1 is 1.22 bits per heavy atom. The third-order valence-corrected chi connectivity index (χ3v) is 2.48. The van der Waals surface area contributed by atoms with Crippen LogP contribution in [-0.2, 0) is 6.54 Å². The first-order chi connectivity index (χ1) is 8.60. The van der Waals surface area contributed by atoms with E-state index in [1.807, 2.05) is 0 Å². The molecule has 18 heavy (non-hydrogen) atoms. The van der Waals surface area contributed by atoms with Gasteiger partial charge in [0.2, 0.25) is 5.88 Å². The second-order valence-corrected chi connectivity index (χ2v) is 3.92. The van der Waals surface area contributed by atoms with Crippen LogP contribution in [-0.4, -0.2) is 4.98 Å². The summed E-state index contributed by atoms with van der Waals surface area (Å²) >= 11 is 5.92. The van der Waals surface area contributed by atoms with Crippen molar-refractivity contribution in [2.75, 3.05) is 0 Å². The molecular weight excluding hydrogens is 262 g/mol. The fraction of sp³-hybridized carbons (Fsp3) is 0.0833. The van der Waals surface area contributed by atoms with Gasteiger partial charge in [-0.2, -0.15) is 0 Å². The molecule has 1 aromatic carbocycles. The van der Waals surface area contributed by atoms with E-state index in [9.17, 15) is 8.78 Å². The summed E-state index contributed by atoms with van der Waals surface area (Å²) in [4.78, 5) is 3.95. The Morgan fingerprint density at radius 2 is 2.00 bits per heavy atom. The van der Waals surface area contributed by atoms with Gasteiger partial charge in [0, 0.05) is 18.8 Å². The maximum Gasteiger partial charge on any atom is 0.238 e. The number of aromatic nitrogens is 1. The molecule has 1 aromatic heterocycles. The van der Waals surface area contributed by atoms with Gasteiger partial charge in [-0.25, -0.2) is 13.8 Å². The van der Waals surface area contributed by atoms with Crippen LogP contribution in [0.15, 0.2) is 30.5 Å². The zero-order valence-corrected chi connectivity index (χ0v) is 9.92. The molecule has 0 unspecified atom stereocenters. The molecule has 2 aromatic rings. The number of benzene rings is 1. The highest BCUT2D eigenvalue weighted by Crippen LogP contribution is 2.28. The highest BCUT2D eigenvalue weighted by atomic mass is 35.5. The van der Waals surface area contributed by atoms with E-state index in [4.69, 9.17) is 22.1 Å². The number of ether oxygens (including phenoxy) is 1. The molecule has 0 saturated heterocycles. The Balaban J connectivity index is 2.25. The van der Waals surface area contributed by atoms with Crippen molar-refractivity contribution >= 4 is 11.6 Å². The molecule has 0 aliphatic rings. The van der Waals surface area contributed by atoms with E-state index in [0.29, 0.717) is 6.54 Å². The van der Waals surface area contributed by atoms with Gasteiger partial charge in [0.25, 0.3) is 0 Å². The molecule has 0 saturated carbocycles. The number of rotatable bonds is 3. The van der Waals surface area contributed by atoms with Crippen molar-refractivity contribution in [2.24, 2.45) is 5.73 Å². The lowest BCUT2D eigenvalue weighted by atomic mass is 10.3. The second-order valence-electron chi connectivity index (χ2n) is 3.51. The molecule has 0 amide bonds. The van der Waals surface area contributed by atoms with Gasteiger partial charge in [0.15, 0.2) is 11.6 Å². The summed E-state index contributed by atoms with van der Waals surface area (Å²) in [7, 11) is 0. The van der Waals surface area contributed by atoms with Crippen molar-refractivity contribution in [2.45, 2.75) is 6.54 Å². The smallest absolute Gasteiger partial charge is 0.238 e. The third-order valence-electron chi connectivity index (χ3n) is 2.21. The number of nitrogens with zero attached hydrogens (tertiary/aromatic N) is 1. The van der Waals surface area contributed by atoms with E-state index in [-0.39, 0.29) is 16.7 Å². The normalized spacial score (nSPS) is 10.4. The highest BCUT2D eigenvalue weighted by Gasteiger charge is 2.08. The molecule has 6 heteroatoms. The predicted octanol–water partition coefficient (Wildman–Crippen LogP) is 3.26. The van der Waals surface area contributed by atoms with Gasteiger partial charge in [-0.15, -0.1) is 0 Å². The van der Waals surface area contributed by atoms with Crippen LogP contribution in [0.5, 0.6) is 11.6 Å². The van der Waals surface area contributed by atoms with Crippen molar-refractivity contribution in [3.8, 4) is 11.6 Å². The van der Waals surface area contributed by atoms with E-state index in [1.54, 1.807) is 6.07 Å². The summed E-state index contributed by atoms with van der Waals surface area (Å²) in [5.74, 6) is -1.72. The van der Waals surface area contributed by atoms with Crippen LogP contribution in [0.2, 0.25) is 5.02 Å². The van der Waals surface area contributed by atoms with Gasteiger partial charge in [0.1, 0.15) is 10.8 Å². The van der Waals surface area contributed by atoms with Gasteiger partial charge in [-0.3, -0.25) is 0 Å². The van der Waals surface area contributed by atoms with Crippen molar-refractivity contribution in [1.29, 1.82) is 0 Å². The largest absolute Gasteiger partial charge is 0.437 e. The van der Waals surface area contributed by atoms with Crippen LogP contribution in [0.3, 0.4) is 0 Å². The molecule has 0 radical (unpaired) electrons. The minimum atomic E-state index is -0.998. The molecule has 1 heterocycles. The lowest BCUT2D eigenvalue weighted by Gasteiger charge is -2.07. The van der Waals surface area contributed by atoms with Gasteiger partial charge < -0.3 is 10.5 Å². The molecule has 0 fully saturated rings. The Kier molecular flexibility index (Phi) is 3.74. The first-order valence-electron chi connectivity index (χ1n) is 5.07. The van der Waals surface area contributed by atoms with Gasteiger partial charge in [-0.05, 0) is 23.8 Å². The Bertz CT molecular complexity index is 578. The number of hydrogen-bond acceptors (Lipinski definition) is 3. The summed E-state index contributed by atoms with van der Waals surface area (Å²) in [5, 5.41) is 0.252. The quantitative estimate of drug-likeness (QED) is 0.931. The Labute approximate surface area is 107 Å². The Hall–Kier alpha value is -1.72. The first kappa shape index (κ1) is 12.7. The van der Waals surface area contributed by atoms with Crippen molar-refractivity contribution in [3.63, 3.8) is 0 Å². The molecule has 3 nitrogen and oxygen atoms in total. The molecule has 2 rings (SSSR count). The van der Waals surface area contributed by atoms with Crippen LogP contribution in [0.1, 0.15) is 5.56 Å². The van der Waals surface area contributed by atoms with Crippen LogP contribution in [0, 0.1) is 11.6 Å². The molecule has 0 spiro atoms. The summed E-state index contributed by atoms with van der Waals surface area (Å²) < 4.78 is 31.0. The topological polar surface area (TPSA) is 48.1 Å². The number of pyridine rings is 1. The Morgan fingerprint density at radius 3 is 2.61 bits per heavy atom. The predicted molar refractivity (Wildman–Crippen MR) is 63.6 cm³/mol. The average Bonchev–Trinajstić information content (AvgIpc) is 2.36. The van der Waals surface area contributed by atoms with E-state index < -0.39 is 11.6 Å². The monoisotopic (exact) mass is 270 g/mol. The van der Waals surface area contributed by atoms with Crippen LogP contribution >= 0.6 is 11.6 Å². The first-order valence-corrected chi connectivity index (χ1v) is 5.45. The second kappa shape index (κ2) is 5.29. The van der Waals surface area contributed by atoms with Crippen molar-refractivity contribution < 1.29 is 13.5 Å². The van der Waals surface area contributed by atoms with Crippen LogP contribution in [0.25, 0.3) is 0 Å². The van der Waals surface area contributed by atoms with Crippen LogP contribution in [0.4, 0.5) is 8.78 Å². The molecule has 0 aliphatic carbocycles. The molecule has 0 atom stereocenters. The summed E-state index contributed by atoms with van der Waals surface area (Å²) in [6.45, 7) is 0.304. The highest BCUT2D eigenvalue weighted by molar-refractivity contribution is 6.31. The number of hydrogen-bond donors (Lipinski definition) is 1. The van der Waals surface area contributed by atoms with E-state index in [1.165, 1.54) is 12.3 Å². The molecule has 0 aliphatic heterocycles. The van der Waals surface area contributed by atoms with E-state index in [0.717, 1.165) is 17.7 Å². The van der Waals surface area contributed by atoms with E-state index in [2.05, 4.69) is 4.98 Å². The number of halogens is 3. The molecular formula is C12H9ClF2N2O. The maximum atomic E-state index is 13.0.